The van der Waals surface area contributed by atoms with E-state index in [-0.39, 0.29) is 30.5 Å². The zero-order valence-corrected chi connectivity index (χ0v) is 11.1. The molecule has 0 aromatic heterocycles. The number of rotatable bonds is 4. The molecule has 0 radical (unpaired) electrons. The Morgan fingerprint density at radius 1 is 1.37 bits per heavy atom. The van der Waals surface area contributed by atoms with Gasteiger partial charge in [0, 0.05) is 25.6 Å². The van der Waals surface area contributed by atoms with Gasteiger partial charge in [-0.1, -0.05) is 23.7 Å². The van der Waals surface area contributed by atoms with Crippen molar-refractivity contribution in [1.29, 1.82) is 0 Å². The molecule has 2 amide bonds. The number of aliphatic hydroxyl groups excluding tert-OH is 1. The number of benzene rings is 1. The molecule has 1 aliphatic heterocycles. The van der Waals surface area contributed by atoms with Crippen LogP contribution in [0.1, 0.15) is 10.4 Å². The van der Waals surface area contributed by atoms with Crippen LogP contribution < -0.4 is 5.32 Å². The summed E-state index contributed by atoms with van der Waals surface area (Å²) < 4.78 is 0. The molecule has 5 nitrogen and oxygen atoms in total. The van der Waals surface area contributed by atoms with E-state index in [2.05, 4.69) is 5.32 Å². The standard InChI is InChI=1S/C13H15ClN2O3/c14-11-4-2-1-3-10(11)13(19)15-12(18)7-16-5-9(6-16)8-17/h1-4,9,17H,5-8H2,(H,15,18,19). The van der Waals surface area contributed by atoms with Crippen molar-refractivity contribution in [3.05, 3.63) is 34.9 Å². The first kappa shape index (κ1) is 14.0. The normalized spacial score (nSPS) is 15.9. The number of amides is 2. The van der Waals surface area contributed by atoms with E-state index in [1.165, 1.54) is 0 Å². The van der Waals surface area contributed by atoms with Crippen molar-refractivity contribution in [3.63, 3.8) is 0 Å². The minimum atomic E-state index is -0.491. The van der Waals surface area contributed by atoms with Crippen LogP contribution >= 0.6 is 11.6 Å². The first-order valence-electron chi connectivity index (χ1n) is 6.02. The molecule has 2 N–H and O–H groups in total. The number of aliphatic hydroxyl groups is 1. The van der Waals surface area contributed by atoms with Crippen molar-refractivity contribution >= 4 is 23.4 Å². The Hall–Kier alpha value is -1.43. The van der Waals surface area contributed by atoms with Crippen molar-refractivity contribution < 1.29 is 14.7 Å². The van der Waals surface area contributed by atoms with Gasteiger partial charge in [0.05, 0.1) is 17.1 Å². The molecule has 1 heterocycles. The van der Waals surface area contributed by atoms with Crippen LogP contribution in [0.3, 0.4) is 0 Å². The topological polar surface area (TPSA) is 69.6 Å². The quantitative estimate of drug-likeness (QED) is 0.845. The molecule has 19 heavy (non-hydrogen) atoms. The number of nitrogens with one attached hydrogen (secondary N) is 1. The van der Waals surface area contributed by atoms with Crippen molar-refractivity contribution in [2.24, 2.45) is 5.92 Å². The van der Waals surface area contributed by atoms with Crippen LogP contribution in [-0.4, -0.2) is 48.1 Å². The number of halogens is 1. The molecule has 1 fully saturated rings. The maximum absolute atomic E-state index is 11.8. The predicted molar refractivity (Wildman–Crippen MR) is 70.9 cm³/mol. The van der Waals surface area contributed by atoms with Gasteiger partial charge >= 0.3 is 0 Å². The summed E-state index contributed by atoms with van der Waals surface area (Å²) in [7, 11) is 0. The first-order valence-corrected chi connectivity index (χ1v) is 6.40. The third kappa shape index (κ3) is 3.53. The zero-order chi connectivity index (χ0) is 13.8. The van der Waals surface area contributed by atoms with Gasteiger partial charge in [-0.2, -0.15) is 0 Å². The lowest BCUT2D eigenvalue weighted by atomic mass is 10.0. The minimum Gasteiger partial charge on any atom is -0.396 e. The maximum atomic E-state index is 11.8. The summed E-state index contributed by atoms with van der Waals surface area (Å²) in [5, 5.41) is 11.5. The minimum absolute atomic E-state index is 0.136. The van der Waals surface area contributed by atoms with E-state index in [1.807, 2.05) is 4.90 Å². The average Bonchev–Trinajstić information content (AvgIpc) is 2.33. The van der Waals surface area contributed by atoms with Crippen molar-refractivity contribution in [3.8, 4) is 0 Å². The number of imide groups is 1. The van der Waals surface area contributed by atoms with Crippen LogP contribution in [0.15, 0.2) is 24.3 Å². The molecule has 1 aromatic carbocycles. The number of carbonyl (C=O) groups excluding carboxylic acids is 2. The molecule has 0 unspecified atom stereocenters. The second-order valence-corrected chi connectivity index (χ2v) is 5.01. The number of likely N-dealkylation sites (tertiary alicyclic amines) is 1. The molecule has 1 saturated heterocycles. The monoisotopic (exact) mass is 282 g/mol. The van der Waals surface area contributed by atoms with E-state index in [0.717, 1.165) is 0 Å². The third-order valence-electron chi connectivity index (χ3n) is 3.03. The Labute approximate surface area is 116 Å². The van der Waals surface area contributed by atoms with E-state index in [9.17, 15) is 9.59 Å². The molecule has 2 rings (SSSR count). The lowest BCUT2D eigenvalue weighted by molar-refractivity contribution is -0.123. The van der Waals surface area contributed by atoms with Gasteiger partial charge in [0.15, 0.2) is 0 Å². The SMILES string of the molecule is O=C(CN1CC(CO)C1)NC(=O)c1ccccc1Cl. The second-order valence-electron chi connectivity index (χ2n) is 4.60. The van der Waals surface area contributed by atoms with E-state index in [1.54, 1.807) is 24.3 Å². The molecular weight excluding hydrogens is 268 g/mol. The highest BCUT2D eigenvalue weighted by atomic mass is 35.5. The molecule has 6 heteroatoms. The largest absolute Gasteiger partial charge is 0.396 e. The summed E-state index contributed by atoms with van der Waals surface area (Å²) in [4.78, 5) is 25.3. The van der Waals surface area contributed by atoms with Gasteiger partial charge in [-0.25, -0.2) is 0 Å². The van der Waals surface area contributed by atoms with E-state index < -0.39 is 5.91 Å². The Bertz CT molecular complexity index is 487. The fraction of sp³-hybridized carbons (Fsp3) is 0.385. The average molecular weight is 283 g/mol. The summed E-state index contributed by atoms with van der Waals surface area (Å²) in [6.07, 6.45) is 0. The molecular formula is C13H15ClN2O3. The van der Waals surface area contributed by atoms with E-state index in [4.69, 9.17) is 16.7 Å². The van der Waals surface area contributed by atoms with Gasteiger partial charge in [0.25, 0.3) is 5.91 Å². The van der Waals surface area contributed by atoms with Gasteiger partial charge in [-0.15, -0.1) is 0 Å². The van der Waals surface area contributed by atoms with E-state index >= 15 is 0 Å². The molecule has 102 valence electrons. The Kier molecular flexibility index (Phi) is 4.52. The number of hydrogen-bond acceptors (Lipinski definition) is 4. The molecule has 0 bridgehead atoms. The zero-order valence-electron chi connectivity index (χ0n) is 10.3. The van der Waals surface area contributed by atoms with Gasteiger partial charge in [-0.3, -0.25) is 19.8 Å². The Morgan fingerprint density at radius 2 is 2.05 bits per heavy atom. The van der Waals surface area contributed by atoms with Crippen molar-refractivity contribution in [2.75, 3.05) is 26.2 Å². The summed E-state index contributed by atoms with van der Waals surface area (Å²) >= 11 is 5.87. The Balaban J connectivity index is 1.83. The summed E-state index contributed by atoms with van der Waals surface area (Å²) in [6, 6.07) is 6.57. The fourth-order valence-electron chi connectivity index (χ4n) is 2.00. The fourth-order valence-corrected chi connectivity index (χ4v) is 2.22. The highest BCUT2D eigenvalue weighted by Crippen LogP contribution is 2.15. The number of carbonyl (C=O) groups is 2. The van der Waals surface area contributed by atoms with Crippen LogP contribution in [0.5, 0.6) is 0 Å². The van der Waals surface area contributed by atoms with E-state index in [0.29, 0.717) is 18.1 Å². The van der Waals surface area contributed by atoms with Crippen LogP contribution in [0.2, 0.25) is 5.02 Å². The highest BCUT2D eigenvalue weighted by molar-refractivity contribution is 6.34. The number of hydrogen-bond donors (Lipinski definition) is 2. The molecule has 0 aliphatic carbocycles. The molecule has 1 aliphatic rings. The van der Waals surface area contributed by atoms with Gasteiger partial charge < -0.3 is 5.11 Å². The predicted octanol–water partition coefficient (Wildman–Crippen LogP) is 0.521. The van der Waals surface area contributed by atoms with Crippen LogP contribution in [0.4, 0.5) is 0 Å². The second kappa shape index (κ2) is 6.14. The summed E-state index contributed by atoms with van der Waals surface area (Å²) in [5.74, 6) is -0.608. The molecule has 0 spiro atoms. The van der Waals surface area contributed by atoms with Crippen LogP contribution in [0.25, 0.3) is 0 Å². The summed E-state index contributed by atoms with van der Waals surface area (Å²) in [5.41, 5.74) is 0.286. The lowest BCUT2D eigenvalue weighted by Crippen LogP contribution is -2.52. The van der Waals surface area contributed by atoms with Crippen LogP contribution in [-0.2, 0) is 4.79 Å². The van der Waals surface area contributed by atoms with Gasteiger partial charge in [0.2, 0.25) is 5.91 Å². The lowest BCUT2D eigenvalue weighted by Gasteiger charge is -2.37. The Morgan fingerprint density at radius 3 is 2.68 bits per heavy atom. The highest BCUT2D eigenvalue weighted by Gasteiger charge is 2.27. The molecule has 1 aromatic rings. The third-order valence-corrected chi connectivity index (χ3v) is 3.36. The molecule has 0 atom stereocenters. The van der Waals surface area contributed by atoms with Gasteiger partial charge in [-0.05, 0) is 12.1 Å². The first-order chi connectivity index (χ1) is 9.10. The smallest absolute Gasteiger partial charge is 0.259 e. The number of nitrogens with zero attached hydrogens (tertiary/aromatic N) is 1. The van der Waals surface area contributed by atoms with Crippen molar-refractivity contribution in [1.82, 2.24) is 10.2 Å². The van der Waals surface area contributed by atoms with Crippen molar-refractivity contribution in [2.45, 2.75) is 0 Å². The summed E-state index contributed by atoms with van der Waals surface area (Å²) in [6.45, 7) is 1.66. The molecule has 0 saturated carbocycles. The van der Waals surface area contributed by atoms with Crippen LogP contribution in [0, 0.1) is 5.92 Å². The van der Waals surface area contributed by atoms with Gasteiger partial charge in [0.1, 0.15) is 0 Å². The maximum Gasteiger partial charge on any atom is 0.259 e.